The lowest BCUT2D eigenvalue weighted by Crippen LogP contribution is -2.41. The summed E-state index contributed by atoms with van der Waals surface area (Å²) < 4.78 is 2.00. The van der Waals surface area contributed by atoms with Gasteiger partial charge in [0.1, 0.15) is 0 Å². The summed E-state index contributed by atoms with van der Waals surface area (Å²) in [4.78, 5) is 2.60. The van der Waals surface area contributed by atoms with Gasteiger partial charge in [0.05, 0.1) is 5.69 Å². The number of aryl methyl sites for hydroxylation is 2. The molecule has 2 aromatic rings. The summed E-state index contributed by atoms with van der Waals surface area (Å²) in [7, 11) is 2.03. The van der Waals surface area contributed by atoms with E-state index in [1.54, 1.807) is 0 Å². The minimum absolute atomic E-state index is 0.467. The predicted molar refractivity (Wildman–Crippen MR) is 108 cm³/mol. The molecule has 1 saturated heterocycles. The van der Waals surface area contributed by atoms with E-state index in [9.17, 15) is 0 Å². The van der Waals surface area contributed by atoms with Crippen LogP contribution in [0.25, 0.3) is 0 Å². The van der Waals surface area contributed by atoms with Gasteiger partial charge in [-0.1, -0.05) is 30.3 Å². The fraction of sp³-hybridized carbons (Fsp3) is 0.591. The first-order chi connectivity index (χ1) is 12.4. The molecule has 0 amide bonds. The molecule has 1 aliphatic rings. The fourth-order valence-electron chi connectivity index (χ4n) is 4.32. The van der Waals surface area contributed by atoms with Crippen molar-refractivity contribution in [2.24, 2.45) is 13.0 Å². The molecule has 1 fully saturated rings. The molecule has 3 unspecified atom stereocenters. The van der Waals surface area contributed by atoms with E-state index in [4.69, 9.17) is 0 Å². The van der Waals surface area contributed by atoms with Crippen molar-refractivity contribution >= 4 is 0 Å². The first-order valence-electron chi connectivity index (χ1n) is 9.95. The van der Waals surface area contributed by atoms with Crippen molar-refractivity contribution < 1.29 is 0 Å². The van der Waals surface area contributed by atoms with Gasteiger partial charge in [0, 0.05) is 37.9 Å². The quantitative estimate of drug-likeness (QED) is 0.826. The summed E-state index contributed by atoms with van der Waals surface area (Å²) >= 11 is 0. The van der Waals surface area contributed by atoms with Crippen molar-refractivity contribution in [1.29, 1.82) is 0 Å². The zero-order chi connectivity index (χ0) is 18.7. The average Bonchev–Trinajstić information content (AvgIpc) is 3.16. The van der Waals surface area contributed by atoms with Gasteiger partial charge in [-0.2, -0.15) is 5.10 Å². The lowest BCUT2D eigenvalue weighted by molar-refractivity contribution is 0.289. The van der Waals surface area contributed by atoms with Crippen LogP contribution >= 0.6 is 0 Å². The Labute approximate surface area is 158 Å². The monoisotopic (exact) mass is 354 g/mol. The van der Waals surface area contributed by atoms with Gasteiger partial charge in [-0.3, -0.25) is 9.58 Å². The van der Waals surface area contributed by atoms with Crippen LogP contribution in [0.3, 0.4) is 0 Å². The molecule has 4 nitrogen and oxygen atoms in total. The van der Waals surface area contributed by atoms with Gasteiger partial charge in [-0.25, -0.2) is 0 Å². The molecule has 1 aliphatic heterocycles. The van der Waals surface area contributed by atoms with Crippen molar-refractivity contribution in [3.8, 4) is 0 Å². The van der Waals surface area contributed by atoms with Gasteiger partial charge in [0.25, 0.3) is 0 Å². The van der Waals surface area contributed by atoms with E-state index in [0.29, 0.717) is 12.1 Å². The maximum Gasteiger partial charge on any atom is 0.0628 e. The molecule has 0 radical (unpaired) electrons. The minimum atomic E-state index is 0.467. The minimum Gasteiger partial charge on any atom is -0.311 e. The van der Waals surface area contributed by atoms with E-state index in [1.807, 2.05) is 11.7 Å². The molecule has 0 aliphatic carbocycles. The van der Waals surface area contributed by atoms with Crippen molar-refractivity contribution in [3.05, 3.63) is 52.8 Å². The molecule has 0 spiro atoms. The molecule has 1 aromatic carbocycles. The summed E-state index contributed by atoms with van der Waals surface area (Å²) in [6.07, 6.45) is 2.34. The van der Waals surface area contributed by atoms with Crippen LogP contribution in [0, 0.1) is 19.8 Å². The van der Waals surface area contributed by atoms with E-state index in [-0.39, 0.29) is 0 Å². The summed E-state index contributed by atoms with van der Waals surface area (Å²) in [5.74, 6) is 0.734. The third-order valence-electron chi connectivity index (χ3n) is 5.98. The number of benzene rings is 1. The van der Waals surface area contributed by atoms with Crippen LogP contribution in [0.15, 0.2) is 30.3 Å². The van der Waals surface area contributed by atoms with Crippen LogP contribution in [0.1, 0.15) is 42.8 Å². The Hall–Kier alpha value is -1.65. The lowest BCUT2D eigenvalue weighted by atomic mass is 9.98. The van der Waals surface area contributed by atoms with Gasteiger partial charge in [-0.05, 0) is 64.1 Å². The third-order valence-corrected chi connectivity index (χ3v) is 5.98. The molecule has 142 valence electrons. The van der Waals surface area contributed by atoms with Crippen LogP contribution in [0.5, 0.6) is 0 Å². The van der Waals surface area contributed by atoms with Crippen molar-refractivity contribution in [2.45, 2.75) is 59.2 Å². The summed E-state index contributed by atoms with van der Waals surface area (Å²) in [5.41, 5.74) is 5.28. The Bertz CT molecular complexity index is 706. The molecular formula is C22H34N4. The number of aromatic nitrogens is 2. The number of likely N-dealkylation sites (tertiary alicyclic amines) is 1. The Morgan fingerprint density at radius 2 is 1.92 bits per heavy atom. The highest BCUT2D eigenvalue weighted by Gasteiger charge is 2.27. The van der Waals surface area contributed by atoms with E-state index >= 15 is 0 Å². The molecule has 3 atom stereocenters. The molecule has 1 aromatic heterocycles. The maximum absolute atomic E-state index is 4.55. The Kier molecular flexibility index (Phi) is 6.15. The first-order valence-corrected chi connectivity index (χ1v) is 9.95. The number of hydrogen-bond acceptors (Lipinski definition) is 3. The number of nitrogens with one attached hydrogen (secondary N) is 1. The highest BCUT2D eigenvalue weighted by Crippen LogP contribution is 2.22. The van der Waals surface area contributed by atoms with Crippen LogP contribution in [-0.2, 0) is 20.0 Å². The highest BCUT2D eigenvalue weighted by molar-refractivity contribution is 5.25. The molecular weight excluding hydrogens is 320 g/mol. The average molecular weight is 355 g/mol. The Balaban J connectivity index is 1.49. The maximum atomic E-state index is 4.55. The van der Waals surface area contributed by atoms with Crippen LogP contribution in [-0.4, -0.2) is 39.9 Å². The van der Waals surface area contributed by atoms with Crippen LogP contribution in [0.4, 0.5) is 0 Å². The zero-order valence-electron chi connectivity index (χ0n) is 17.0. The van der Waals surface area contributed by atoms with Crippen molar-refractivity contribution in [3.63, 3.8) is 0 Å². The van der Waals surface area contributed by atoms with Crippen LogP contribution < -0.4 is 5.32 Å². The van der Waals surface area contributed by atoms with Gasteiger partial charge < -0.3 is 5.32 Å². The van der Waals surface area contributed by atoms with Gasteiger partial charge in [0.2, 0.25) is 0 Å². The lowest BCUT2D eigenvalue weighted by Gasteiger charge is -2.25. The van der Waals surface area contributed by atoms with Crippen LogP contribution in [0.2, 0.25) is 0 Å². The predicted octanol–water partition coefficient (Wildman–Crippen LogP) is 3.47. The Morgan fingerprint density at radius 3 is 2.58 bits per heavy atom. The molecule has 0 bridgehead atoms. The van der Waals surface area contributed by atoms with Gasteiger partial charge >= 0.3 is 0 Å². The number of hydrogen-bond donors (Lipinski definition) is 1. The number of nitrogens with zero attached hydrogens (tertiary/aromatic N) is 3. The van der Waals surface area contributed by atoms with E-state index in [1.165, 1.54) is 42.0 Å². The van der Waals surface area contributed by atoms with E-state index in [0.717, 1.165) is 18.9 Å². The normalized spacial score (nSPS) is 20.4. The molecule has 2 heterocycles. The van der Waals surface area contributed by atoms with E-state index in [2.05, 4.69) is 73.3 Å². The fourth-order valence-corrected chi connectivity index (χ4v) is 4.32. The smallest absolute Gasteiger partial charge is 0.0628 e. The summed E-state index contributed by atoms with van der Waals surface area (Å²) in [6, 6.07) is 11.8. The molecule has 3 rings (SSSR count). The highest BCUT2D eigenvalue weighted by atomic mass is 15.3. The summed E-state index contributed by atoms with van der Waals surface area (Å²) in [5, 5.41) is 8.41. The zero-order valence-corrected chi connectivity index (χ0v) is 17.0. The second-order valence-electron chi connectivity index (χ2n) is 8.10. The Morgan fingerprint density at radius 1 is 1.19 bits per heavy atom. The molecule has 1 N–H and O–H groups in total. The molecule has 26 heavy (non-hydrogen) atoms. The second-order valence-corrected chi connectivity index (χ2v) is 8.10. The van der Waals surface area contributed by atoms with Gasteiger partial charge in [0.15, 0.2) is 0 Å². The number of rotatable bonds is 7. The van der Waals surface area contributed by atoms with E-state index < -0.39 is 0 Å². The first kappa shape index (κ1) is 19.1. The van der Waals surface area contributed by atoms with Crippen molar-refractivity contribution in [2.75, 3.05) is 13.1 Å². The molecule has 0 saturated carbocycles. The standard InChI is InChI=1S/C22H34N4/c1-16(13-22-18(3)24-25(5)19(22)4)23-17(2)21-11-12-26(15-21)14-20-9-7-6-8-10-20/h6-10,16-17,21,23H,11-15H2,1-5H3. The SMILES string of the molecule is Cc1nn(C)c(C)c1CC(C)NC(C)C1CCN(Cc2ccccc2)C1. The van der Waals surface area contributed by atoms with Gasteiger partial charge in [-0.15, -0.1) is 0 Å². The topological polar surface area (TPSA) is 33.1 Å². The second kappa shape index (κ2) is 8.36. The molecule has 4 heteroatoms. The largest absolute Gasteiger partial charge is 0.311 e. The third kappa shape index (κ3) is 4.54. The summed E-state index contributed by atoms with van der Waals surface area (Å²) in [6.45, 7) is 12.4. The van der Waals surface area contributed by atoms with Crippen molar-refractivity contribution in [1.82, 2.24) is 20.0 Å².